The maximum atomic E-state index is 14.2. The van der Waals surface area contributed by atoms with Crippen LogP contribution in [0.3, 0.4) is 0 Å². The first-order valence-electron chi connectivity index (χ1n) is 9.82. The van der Waals surface area contributed by atoms with E-state index in [2.05, 4.69) is 27.4 Å². The molecule has 1 aromatic carbocycles. The van der Waals surface area contributed by atoms with Gasteiger partial charge in [0, 0.05) is 18.3 Å². The van der Waals surface area contributed by atoms with Gasteiger partial charge in [-0.15, -0.1) is 0 Å². The molecule has 0 aliphatic carbocycles. The molecule has 164 valence electrons. The van der Waals surface area contributed by atoms with Gasteiger partial charge in [0.15, 0.2) is 0 Å². The number of nitrogens with one attached hydrogen (secondary N) is 1. The number of hydrogen-bond donors (Lipinski definition) is 1. The van der Waals surface area contributed by atoms with E-state index in [9.17, 15) is 13.2 Å². The van der Waals surface area contributed by atoms with Crippen LogP contribution in [-0.2, 0) is 28.1 Å². The molecule has 3 aromatic rings. The fraction of sp³-hybridized carbons (Fsp3) is 0.227. The molecule has 1 atom stereocenters. The van der Waals surface area contributed by atoms with Crippen molar-refractivity contribution in [3.63, 3.8) is 0 Å². The SMILES string of the molecule is C=Cc1ccc2c(c1)CCNOC1(c3onc(-c4ccccn4)c3C(F)(F)F)CC2=NO1. The highest BCUT2D eigenvalue weighted by atomic mass is 19.4. The lowest BCUT2D eigenvalue weighted by Crippen LogP contribution is -2.37. The fourth-order valence-electron chi connectivity index (χ4n) is 3.85. The number of oxime groups is 1. The highest BCUT2D eigenvalue weighted by Gasteiger charge is 2.55. The lowest BCUT2D eigenvalue weighted by atomic mass is 9.93. The second-order valence-corrected chi connectivity index (χ2v) is 7.37. The molecule has 4 heterocycles. The zero-order valence-electron chi connectivity index (χ0n) is 16.6. The van der Waals surface area contributed by atoms with Crippen LogP contribution in [0.25, 0.3) is 17.5 Å². The number of aromatic nitrogens is 2. The maximum Gasteiger partial charge on any atom is 0.422 e. The Morgan fingerprint density at radius 2 is 2.06 bits per heavy atom. The molecule has 0 fully saturated rings. The van der Waals surface area contributed by atoms with Crippen molar-refractivity contribution < 1.29 is 27.4 Å². The van der Waals surface area contributed by atoms with Crippen molar-refractivity contribution in [3.8, 4) is 11.4 Å². The van der Waals surface area contributed by atoms with Crippen LogP contribution >= 0.6 is 0 Å². The summed E-state index contributed by atoms with van der Waals surface area (Å²) in [6, 6.07) is 10.2. The van der Waals surface area contributed by atoms with Crippen LogP contribution in [0.4, 0.5) is 13.2 Å². The topological polar surface area (TPSA) is 81.8 Å². The number of hydroxylamine groups is 1. The van der Waals surface area contributed by atoms with Crippen LogP contribution in [-0.4, -0.2) is 22.4 Å². The standard InChI is InChI=1S/C22H17F3N4O3/c1-2-13-6-7-15-14(11-13)8-10-27-31-21(12-17(15)28-32-21)20-18(22(23,24)25)19(29-30-20)16-5-3-4-9-26-16/h2-7,9,11,27H,1,8,10,12H2. The van der Waals surface area contributed by atoms with Crippen LogP contribution in [0.5, 0.6) is 0 Å². The quantitative estimate of drug-likeness (QED) is 0.645. The van der Waals surface area contributed by atoms with Crippen molar-refractivity contribution >= 4 is 11.8 Å². The van der Waals surface area contributed by atoms with Crippen molar-refractivity contribution in [2.45, 2.75) is 24.8 Å². The van der Waals surface area contributed by atoms with Crippen molar-refractivity contribution in [3.05, 3.63) is 77.2 Å². The van der Waals surface area contributed by atoms with Gasteiger partial charge < -0.3 is 9.36 Å². The molecule has 7 nitrogen and oxygen atoms in total. The van der Waals surface area contributed by atoms with Crippen molar-refractivity contribution in [2.75, 3.05) is 6.54 Å². The molecule has 32 heavy (non-hydrogen) atoms. The van der Waals surface area contributed by atoms with Gasteiger partial charge in [0.05, 0.1) is 17.8 Å². The first-order chi connectivity index (χ1) is 15.4. The van der Waals surface area contributed by atoms with Gasteiger partial charge >= 0.3 is 12.0 Å². The second-order valence-electron chi connectivity index (χ2n) is 7.37. The third-order valence-corrected chi connectivity index (χ3v) is 5.34. The third kappa shape index (κ3) is 3.37. The zero-order chi connectivity index (χ0) is 22.3. The molecule has 2 bridgehead atoms. The Balaban J connectivity index is 1.61. The summed E-state index contributed by atoms with van der Waals surface area (Å²) < 4.78 is 47.8. The summed E-state index contributed by atoms with van der Waals surface area (Å²) in [6.45, 7) is 4.10. The molecule has 10 heteroatoms. The summed E-state index contributed by atoms with van der Waals surface area (Å²) in [5.74, 6) is -2.60. The minimum Gasteiger partial charge on any atom is -0.353 e. The van der Waals surface area contributed by atoms with Gasteiger partial charge in [-0.1, -0.05) is 47.2 Å². The van der Waals surface area contributed by atoms with Crippen molar-refractivity contribution in [1.82, 2.24) is 15.6 Å². The molecule has 0 spiro atoms. The fourth-order valence-corrected chi connectivity index (χ4v) is 3.85. The van der Waals surface area contributed by atoms with E-state index < -0.39 is 29.0 Å². The number of hydrogen-bond acceptors (Lipinski definition) is 7. The molecule has 0 saturated heterocycles. The van der Waals surface area contributed by atoms with E-state index in [1.54, 1.807) is 18.2 Å². The normalized spacial score (nSPS) is 20.4. The van der Waals surface area contributed by atoms with Gasteiger partial charge in [-0.3, -0.25) is 4.98 Å². The number of nitrogens with zero attached hydrogens (tertiary/aromatic N) is 3. The molecule has 0 amide bonds. The van der Waals surface area contributed by atoms with Gasteiger partial charge in [0.1, 0.15) is 11.3 Å². The van der Waals surface area contributed by atoms with E-state index in [-0.39, 0.29) is 12.1 Å². The van der Waals surface area contributed by atoms with E-state index >= 15 is 0 Å². The number of fused-ring (bicyclic) bond motifs is 4. The van der Waals surface area contributed by atoms with E-state index in [0.717, 1.165) is 16.7 Å². The third-order valence-electron chi connectivity index (χ3n) is 5.34. The molecule has 0 saturated carbocycles. The minimum absolute atomic E-state index is 0.0173. The van der Waals surface area contributed by atoms with Crippen LogP contribution in [0.2, 0.25) is 0 Å². The Morgan fingerprint density at radius 3 is 2.81 bits per heavy atom. The van der Waals surface area contributed by atoms with Gasteiger partial charge in [0.2, 0.25) is 5.76 Å². The Hall–Kier alpha value is -3.50. The first-order valence-corrected chi connectivity index (χ1v) is 9.82. The van der Waals surface area contributed by atoms with E-state index in [0.29, 0.717) is 18.7 Å². The number of alkyl halides is 3. The predicted molar refractivity (Wildman–Crippen MR) is 108 cm³/mol. The van der Waals surface area contributed by atoms with Crippen LogP contribution in [0.1, 0.15) is 34.4 Å². The summed E-state index contributed by atoms with van der Waals surface area (Å²) in [7, 11) is 0. The molecule has 1 unspecified atom stereocenters. The molecule has 2 aliphatic rings. The van der Waals surface area contributed by atoms with Crippen molar-refractivity contribution in [2.24, 2.45) is 5.16 Å². The Kier molecular flexibility index (Phi) is 4.83. The summed E-state index contributed by atoms with van der Waals surface area (Å²) in [5, 5.41) is 7.74. The smallest absolute Gasteiger partial charge is 0.353 e. The van der Waals surface area contributed by atoms with Crippen molar-refractivity contribution in [1.29, 1.82) is 0 Å². The number of halogens is 3. The molecule has 5 rings (SSSR count). The number of benzene rings is 1. The minimum atomic E-state index is -4.80. The zero-order valence-corrected chi connectivity index (χ0v) is 16.6. The highest BCUT2D eigenvalue weighted by molar-refractivity contribution is 6.03. The number of rotatable bonds is 3. The highest BCUT2D eigenvalue weighted by Crippen LogP contribution is 2.47. The molecular weight excluding hydrogens is 425 g/mol. The lowest BCUT2D eigenvalue weighted by Gasteiger charge is -2.24. The average molecular weight is 442 g/mol. The monoisotopic (exact) mass is 442 g/mol. The molecule has 2 aliphatic heterocycles. The average Bonchev–Trinajstić information content (AvgIpc) is 3.44. The van der Waals surface area contributed by atoms with Gasteiger partial charge in [-0.25, -0.2) is 4.84 Å². The van der Waals surface area contributed by atoms with Gasteiger partial charge in [0.25, 0.3) is 0 Å². The maximum absolute atomic E-state index is 14.2. The second kappa shape index (κ2) is 7.57. The van der Waals surface area contributed by atoms with E-state index in [4.69, 9.17) is 14.2 Å². The first kappa shape index (κ1) is 20.4. The van der Waals surface area contributed by atoms with Crippen LogP contribution in [0, 0.1) is 0 Å². The van der Waals surface area contributed by atoms with Gasteiger partial charge in [-0.05, 0) is 29.7 Å². The molecule has 2 aromatic heterocycles. The summed E-state index contributed by atoms with van der Waals surface area (Å²) in [5.41, 5.74) is 4.24. The molecule has 0 radical (unpaired) electrons. The van der Waals surface area contributed by atoms with Gasteiger partial charge in [-0.2, -0.15) is 18.7 Å². The van der Waals surface area contributed by atoms with Crippen LogP contribution < -0.4 is 5.48 Å². The molecule has 1 N–H and O–H groups in total. The Bertz CT molecular complexity index is 1210. The Labute approximate surface area is 180 Å². The molecular formula is C22H17F3N4O3. The van der Waals surface area contributed by atoms with Crippen LogP contribution in [0.15, 0.2) is 58.9 Å². The predicted octanol–water partition coefficient (Wildman–Crippen LogP) is 4.45. The summed E-state index contributed by atoms with van der Waals surface area (Å²) in [6.07, 6.45) is -1.25. The Morgan fingerprint density at radius 1 is 1.19 bits per heavy atom. The van der Waals surface area contributed by atoms with E-state index in [1.807, 2.05) is 18.2 Å². The number of pyridine rings is 1. The largest absolute Gasteiger partial charge is 0.422 e. The summed E-state index contributed by atoms with van der Waals surface area (Å²) in [4.78, 5) is 15.1. The summed E-state index contributed by atoms with van der Waals surface area (Å²) >= 11 is 0. The lowest BCUT2D eigenvalue weighted by molar-refractivity contribution is -0.276. The van der Waals surface area contributed by atoms with E-state index in [1.165, 1.54) is 12.3 Å².